The van der Waals surface area contributed by atoms with Gasteiger partial charge in [0.2, 0.25) is 0 Å². The van der Waals surface area contributed by atoms with Gasteiger partial charge in [0.1, 0.15) is 0 Å². The molecule has 45 heavy (non-hydrogen) atoms. The standard InChI is InChI=1S/C40H37N5/c1-27-6-16-32(17-7-27)26-42-38(34-20-10-29(3)11-21-34)44-40(36-24-14-31(5)15-25-36)45-39(35-22-12-30(4)13-23-35)43-37(41)33-18-8-28(2)9-19-33/h6-26,41H,1-5H3. The van der Waals surface area contributed by atoms with Crippen molar-refractivity contribution in [2.45, 2.75) is 34.6 Å². The quantitative estimate of drug-likeness (QED) is 0.157. The fourth-order valence-electron chi connectivity index (χ4n) is 4.45. The summed E-state index contributed by atoms with van der Waals surface area (Å²) in [5.41, 5.74) is 9.87. The fourth-order valence-corrected chi connectivity index (χ4v) is 4.45. The van der Waals surface area contributed by atoms with Gasteiger partial charge in [-0.1, -0.05) is 149 Å². The number of hydrogen-bond acceptors (Lipinski definition) is 1. The Hall–Kier alpha value is -5.55. The van der Waals surface area contributed by atoms with E-state index >= 15 is 0 Å². The van der Waals surface area contributed by atoms with Gasteiger partial charge in [-0.2, -0.15) is 0 Å². The van der Waals surface area contributed by atoms with Crippen molar-refractivity contribution in [1.82, 2.24) is 0 Å². The van der Waals surface area contributed by atoms with Gasteiger partial charge in [-0.25, -0.2) is 20.0 Å². The lowest BCUT2D eigenvalue weighted by atomic mass is 10.1. The highest BCUT2D eigenvalue weighted by atomic mass is 15.0. The van der Waals surface area contributed by atoms with Gasteiger partial charge in [-0.15, -0.1) is 0 Å². The van der Waals surface area contributed by atoms with Crippen LogP contribution in [-0.4, -0.2) is 29.6 Å². The molecule has 5 aromatic carbocycles. The van der Waals surface area contributed by atoms with Crippen LogP contribution in [0.5, 0.6) is 0 Å². The second-order valence-electron chi connectivity index (χ2n) is 11.3. The van der Waals surface area contributed by atoms with E-state index in [2.05, 4.69) is 45.0 Å². The van der Waals surface area contributed by atoms with E-state index in [0.717, 1.165) is 44.5 Å². The van der Waals surface area contributed by atoms with Crippen molar-refractivity contribution in [3.8, 4) is 0 Å². The molecule has 0 saturated heterocycles. The van der Waals surface area contributed by atoms with Gasteiger partial charge in [-0.3, -0.25) is 5.41 Å². The lowest BCUT2D eigenvalue weighted by Gasteiger charge is -2.09. The van der Waals surface area contributed by atoms with Gasteiger partial charge in [0.25, 0.3) is 0 Å². The molecule has 0 radical (unpaired) electrons. The van der Waals surface area contributed by atoms with Crippen LogP contribution in [0.2, 0.25) is 0 Å². The molecule has 222 valence electrons. The van der Waals surface area contributed by atoms with Crippen LogP contribution >= 0.6 is 0 Å². The summed E-state index contributed by atoms with van der Waals surface area (Å²) in [7, 11) is 0. The van der Waals surface area contributed by atoms with E-state index in [4.69, 9.17) is 25.4 Å². The summed E-state index contributed by atoms with van der Waals surface area (Å²) in [5, 5.41) is 8.86. The van der Waals surface area contributed by atoms with Crippen molar-refractivity contribution in [2.75, 3.05) is 0 Å². The number of hydrogen-bond donors (Lipinski definition) is 1. The van der Waals surface area contributed by atoms with Crippen molar-refractivity contribution in [3.05, 3.63) is 177 Å². The number of amidine groups is 4. The molecule has 0 aliphatic rings. The number of aliphatic imine (C=N–C) groups is 4. The average molecular weight is 588 g/mol. The van der Waals surface area contributed by atoms with E-state index in [9.17, 15) is 0 Å². The molecule has 0 amide bonds. The van der Waals surface area contributed by atoms with Crippen molar-refractivity contribution >= 4 is 29.6 Å². The summed E-state index contributed by atoms with van der Waals surface area (Å²) in [6.07, 6.45) is 1.83. The summed E-state index contributed by atoms with van der Waals surface area (Å²) in [5.74, 6) is 1.48. The first-order chi connectivity index (χ1) is 21.7. The first-order valence-corrected chi connectivity index (χ1v) is 15.0. The van der Waals surface area contributed by atoms with E-state index in [1.54, 1.807) is 0 Å². The van der Waals surface area contributed by atoms with E-state index in [1.807, 2.05) is 117 Å². The lowest BCUT2D eigenvalue weighted by molar-refractivity contribution is 1.36. The predicted molar refractivity (Wildman–Crippen MR) is 190 cm³/mol. The summed E-state index contributed by atoms with van der Waals surface area (Å²) in [4.78, 5) is 19.8. The lowest BCUT2D eigenvalue weighted by Crippen LogP contribution is -2.11. The molecule has 5 aromatic rings. The Morgan fingerprint density at radius 2 is 0.711 bits per heavy atom. The summed E-state index contributed by atoms with van der Waals surface area (Å²) in [6.45, 7) is 10.2. The number of rotatable bonds is 5. The summed E-state index contributed by atoms with van der Waals surface area (Å²) >= 11 is 0. The molecular weight excluding hydrogens is 550 g/mol. The molecule has 0 fully saturated rings. The highest BCUT2D eigenvalue weighted by Gasteiger charge is 2.13. The highest BCUT2D eigenvalue weighted by molar-refractivity contribution is 6.20. The average Bonchev–Trinajstić information content (AvgIpc) is 3.04. The second kappa shape index (κ2) is 14.3. The van der Waals surface area contributed by atoms with Gasteiger partial charge >= 0.3 is 0 Å². The molecule has 5 rings (SSSR count). The maximum Gasteiger partial charge on any atom is 0.164 e. The Morgan fingerprint density at radius 3 is 1.13 bits per heavy atom. The van der Waals surface area contributed by atoms with Crippen LogP contribution in [0.25, 0.3) is 0 Å². The fraction of sp³-hybridized carbons (Fsp3) is 0.125. The second-order valence-corrected chi connectivity index (χ2v) is 11.3. The van der Waals surface area contributed by atoms with Gasteiger partial charge in [0.15, 0.2) is 23.3 Å². The zero-order valence-corrected chi connectivity index (χ0v) is 26.4. The van der Waals surface area contributed by atoms with E-state index in [1.165, 1.54) is 5.56 Å². The Labute approximate surface area is 266 Å². The van der Waals surface area contributed by atoms with Gasteiger partial charge in [-0.05, 0) is 40.2 Å². The molecule has 1 N–H and O–H groups in total. The van der Waals surface area contributed by atoms with Gasteiger partial charge in [0.05, 0.1) is 0 Å². The van der Waals surface area contributed by atoms with Crippen molar-refractivity contribution < 1.29 is 0 Å². The van der Waals surface area contributed by atoms with E-state index in [0.29, 0.717) is 23.1 Å². The number of nitrogens with zero attached hydrogens (tertiary/aromatic N) is 4. The van der Waals surface area contributed by atoms with Crippen molar-refractivity contribution in [1.29, 1.82) is 5.41 Å². The Bertz CT molecular complexity index is 1890. The maximum atomic E-state index is 8.86. The molecular formula is C40H37N5. The van der Waals surface area contributed by atoms with Crippen LogP contribution in [0, 0.1) is 40.0 Å². The molecule has 0 saturated carbocycles. The molecule has 0 bridgehead atoms. The first kappa shape index (κ1) is 30.9. The minimum Gasteiger partial charge on any atom is -0.282 e. The Kier molecular flexibility index (Phi) is 9.80. The number of aryl methyl sites for hydroxylation is 5. The molecule has 0 aliphatic heterocycles. The number of benzene rings is 5. The zero-order valence-electron chi connectivity index (χ0n) is 26.4. The Balaban J connectivity index is 1.70. The maximum absolute atomic E-state index is 8.86. The normalized spacial score (nSPS) is 12.5. The zero-order chi connectivity index (χ0) is 31.8. The monoisotopic (exact) mass is 587 g/mol. The predicted octanol–water partition coefficient (Wildman–Crippen LogP) is 9.01. The molecule has 0 aliphatic carbocycles. The van der Waals surface area contributed by atoms with Crippen LogP contribution < -0.4 is 0 Å². The van der Waals surface area contributed by atoms with Crippen LogP contribution in [0.3, 0.4) is 0 Å². The largest absolute Gasteiger partial charge is 0.282 e. The van der Waals surface area contributed by atoms with Crippen LogP contribution in [0.1, 0.15) is 55.6 Å². The van der Waals surface area contributed by atoms with Gasteiger partial charge in [0, 0.05) is 28.5 Å². The first-order valence-electron chi connectivity index (χ1n) is 15.0. The number of nitrogens with one attached hydrogen (secondary N) is 1. The van der Waals surface area contributed by atoms with Crippen LogP contribution in [0.15, 0.2) is 141 Å². The van der Waals surface area contributed by atoms with E-state index < -0.39 is 0 Å². The van der Waals surface area contributed by atoms with Crippen molar-refractivity contribution in [3.63, 3.8) is 0 Å². The van der Waals surface area contributed by atoms with E-state index in [-0.39, 0.29) is 5.84 Å². The minimum absolute atomic E-state index is 0.123. The Morgan fingerprint density at radius 1 is 0.400 bits per heavy atom. The third kappa shape index (κ3) is 8.52. The smallest absolute Gasteiger partial charge is 0.164 e. The van der Waals surface area contributed by atoms with Gasteiger partial charge < -0.3 is 0 Å². The highest BCUT2D eigenvalue weighted by Crippen LogP contribution is 2.15. The molecule has 0 atom stereocenters. The summed E-state index contributed by atoms with van der Waals surface area (Å²) in [6, 6.07) is 40.2. The molecule has 5 heteroatoms. The third-order valence-electron chi connectivity index (χ3n) is 7.31. The third-order valence-corrected chi connectivity index (χ3v) is 7.31. The van der Waals surface area contributed by atoms with Crippen LogP contribution in [-0.2, 0) is 0 Å². The SMILES string of the molecule is Cc1ccc(C=NC(=NC(=NC(=NC(=N)c2ccc(C)cc2)c2ccc(C)cc2)c2ccc(C)cc2)c2ccc(C)cc2)cc1. The van der Waals surface area contributed by atoms with Crippen LogP contribution in [0.4, 0.5) is 0 Å². The topological polar surface area (TPSA) is 73.3 Å². The summed E-state index contributed by atoms with van der Waals surface area (Å²) < 4.78 is 0. The molecule has 0 heterocycles. The van der Waals surface area contributed by atoms with Crippen molar-refractivity contribution in [2.24, 2.45) is 20.0 Å². The molecule has 5 nitrogen and oxygen atoms in total. The molecule has 0 aromatic heterocycles. The molecule has 0 spiro atoms. The molecule has 0 unspecified atom stereocenters. The minimum atomic E-state index is 0.123.